The van der Waals surface area contributed by atoms with Gasteiger partial charge in [-0.3, -0.25) is 29.1 Å². The average Bonchev–Trinajstić information content (AvgIpc) is 3.37. The summed E-state index contributed by atoms with van der Waals surface area (Å²) >= 11 is 0. The zero-order valence-electron chi connectivity index (χ0n) is 44.8. The molecule has 1 N–H and O–H groups in total. The molecule has 0 aromatic carbocycles. The molecular weight excluding hydrogens is 903 g/mol. The van der Waals surface area contributed by atoms with Gasteiger partial charge >= 0.3 is 6.03 Å². The van der Waals surface area contributed by atoms with E-state index in [9.17, 15) is 24.0 Å². The van der Waals surface area contributed by atoms with Crippen LogP contribution in [0.4, 0.5) is 4.79 Å². The zero-order chi connectivity index (χ0) is 50.7. The molecule has 0 spiro atoms. The summed E-state index contributed by atoms with van der Waals surface area (Å²) in [5.41, 5.74) is 0.0158. The molecule has 9 saturated heterocycles. The minimum atomic E-state index is 0.0158. The number of piperidine rings is 6. The molecule has 10 heterocycles. The standard InChI is InChI=1S/C11H21N3O.C11H20N2O.C10H15N3O.C10H19N3O.C10H18N2O2/c1-12-5-3-10(4-6-12)14-8-7-13(2)9-11(14)15;1-12-8-5-10(6-9-12)13-7-3-2-4-11(13)14;1-12-5-2-9(3-6-12)13-7-4-11-8-10(13)14;1-12-7-3-9(4-8-12)13-6-2-5-11-10(13)14;1-11-4-2-9(3-5-11)12-6-7-14-8-10(12)13/h10H,3-9H2,1-2H3;10H,2-9H2,1H3;4,7-9H,2-3,5-6H2,1H3;9H,2-8H2,1H3,(H,11,14);9H,2-8H2,1H3. The number of likely N-dealkylation sites (tertiary alicyclic amines) is 6. The van der Waals surface area contributed by atoms with Crippen molar-refractivity contribution in [2.75, 3.05) is 167 Å². The summed E-state index contributed by atoms with van der Waals surface area (Å²) < 4.78 is 6.93. The van der Waals surface area contributed by atoms with Gasteiger partial charge in [0.15, 0.2) is 0 Å². The molecule has 9 aliphatic rings. The van der Waals surface area contributed by atoms with Gasteiger partial charge in [0.05, 0.1) is 19.3 Å². The number of urea groups is 1. The summed E-state index contributed by atoms with van der Waals surface area (Å²) in [4.78, 5) is 84.0. The molecule has 5 amide bonds. The number of carbonyl (C=O) groups excluding carboxylic acids is 4. The first kappa shape index (κ1) is 56.6. The highest BCUT2D eigenvalue weighted by Gasteiger charge is 2.32. The van der Waals surface area contributed by atoms with E-state index in [2.05, 4.69) is 84.7 Å². The number of morpholine rings is 1. The van der Waals surface area contributed by atoms with Crippen LogP contribution in [0.25, 0.3) is 0 Å². The molecule has 19 heteroatoms. The molecule has 0 aliphatic carbocycles. The Morgan fingerprint density at radius 2 is 0.915 bits per heavy atom. The second-order valence-corrected chi connectivity index (χ2v) is 21.8. The third kappa shape index (κ3) is 18.0. The van der Waals surface area contributed by atoms with Crippen molar-refractivity contribution in [3.8, 4) is 0 Å². The number of piperazine rings is 1. The van der Waals surface area contributed by atoms with E-state index in [0.29, 0.717) is 55.2 Å². The summed E-state index contributed by atoms with van der Waals surface area (Å²) in [6, 6.07) is 2.49. The van der Waals surface area contributed by atoms with Crippen molar-refractivity contribution in [2.45, 2.75) is 120 Å². The van der Waals surface area contributed by atoms with Gasteiger partial charge in [0, 0.05) is 88.3 Å². The SMILES string of the molecule is CN1CCC(N2CCCCC2=O)CC1.CN1CCC(N2CCCNC2=O)CC1.CN1CCC(N2CCN(C)CC2=O)CC1.CN1CCC(N2CCOCC2=O)CC1.CN1CCC(n2ccncc2=O)CC1. The molecular formula is C52H93N13O6. The highest BCUT2D eigenvalue weighted by atomic mass is 16.5. The third-order valence-corrected chi connectivity index (χ3v) is 16.3. The van der Waals surface area contributed by atoms with Crippen LogP contribution in [0.5, 0.6) is 0 Å². The van der Waals surface area contributed by atoms with Crippen molar-refractivity contribution in [1.82, 2.24) is 63.9 Å². The molecule has 0 bridgehead atoms. The van der Waals surface area contributed by atoms with Gasteiger partial charge < -0.3 is 58.7 Å². The van der Waals surface area contributed by atoms with Crippen molar-refractivity contribution in [1.29, 1.82) is 0 Å². The third-order valence-electron chi connectivity index (χ3n) is 16.3. The van der Waals surface area contributed by atoms with Crippen LogP contribution in [-0.4, -0.2) is 273 Å². The van der Waals surface area contributed by atoms with Crippen LogP contribution in [0.2, 0.25) is 0 Å². The Balaban J connectivity index is 0.000000145. The first-order chi connectivity index (χ1) is 34.2. The smallest absolute Gasteiger partial charge is 0.317 e. The van der Waals surface area contributed by atoms with E-state index in [4.69, 9.17) is 4.74 Å². The van der Waals surface area contributed by atoms with Gasteiger partial charge in [-0.2, -0.15) is 0 Å². The molecule has 0 unspecified atom stereocenters. The van der Waals surface area contributed by atoms with Crippen molar-refractivity contribution in [2.24, 2.45) is 0 Å². The minimum Gasteiger partial charge on any atom is -0.370 e. The fourth-order valence-corrected chi connectivity index (χ4v) is 11.5. The summed E-state index contributed by atoms with van der Waals surface area (Å²) in [6.45, 7) is 18.3. The van der Waals surface area contributed by atoms with Crippen LogP contribution < -0.4 is 10.9 Å². The summed E-state index contributed by atoms with van der Waals surface area (Å²) in [5, 5.41) is 2.91. The van der Waals surface area contributed by atoms with Crippen LogP contribution in [0.3, 0.4) is 0 Å². The topological polar surface area (TPSA) is 157 Å². The van der Waals surface area contributed by atoms with Crippen LogP contribution >= 0.6 is 0 Å². The largest absolute Gasteiger partial charge is 0.370 e. The Bertz CT molecular complexity index is 1710. The van der Waals surface area contributed by atoms with Gasteiger partial charge in [0.2, 0.25) is 17.7 Å². The lowest BCUT2D eigenvalue weighted by atomic mass is 10.00. The second kappa shape index (κ2) is 29.2. The quantitative estimate of drug-likeness (QED) is 0.457. The van der Waals surface area contributed by atoms with E-state index in [1.807, 2.05) is 16.8 Å². The van der Waals surface area contributed by atoms with Crippen molar-refractivity contribution in [3.05, 3.63) is 28.9 Å². The fraction of sp³-hybridized carbons (Fsp3) is 0.846. The molecule has 10 rings (SSSR count). The number of hydrogen-bond donors (Lipinski definition) is 1. The maximum atomic E-state index is 11.9. The predicted octanol–water partition coefficient (Wildman–Crippen LogP) is 1.89. The van der Waals surface area contributed by atoms with Crippen LogP contribution in [0.15, 0.2) is 23.4 Å². The molecule has 9 fully saturated rings. The van der Waals surface area contributed by atoms with Crippen LogP contribution in [0.1, 0.15) is 95.9 Å². The number of nitrogens with zero attached hydrogens (tertiary/aromatic N) is 12. The van der Waals surface area contributed by atoms with Crippen LogP contribution in [0, 0.1) is 0 Å². The minimum absolute atomic E-state index is 0.0158. The Kier molecular flexibility index (Phi) is 23.3. The normalized spacial score (nSPS) is 25.5. The first-order valence-corrected chi connectivity index (χ1v) is 27.4. The highest BCUT2D eigenvalue weighted by molar-refractivity contribution is 5.79. The Morgan fingerprint density at radius 3 is 1.37 bits per heavy atom. The van der Waals surface area contributed by atoms with E-state index in [1.54, 1.807) is 17.0 Å². The number of nitrogens with one attached hydrogen (secondary N) is 1. The van der Waals surface area contributed by atoms with Gasteiger partial charge in [-0.15, -0.1) is 0 Å². The number of rotatable bonds is 5. The second-order valence-electron chi connectivity index (χ2n) is 21.8. The number of hydrogen-bond acceptors (Lipinski definition) is 13. The molecule has 402 valence electrons. The molecule has 0 atom stereocenters. The molecule has 19 nitrogen and oxygen atoms in total. The van der Waals surface area contributed by atoms with Gasteiger partial charge in [-0.05, 0) is 191 Å². The van der Waals surface area contributed by atoms with Gasteiger partial charge in [-0.1, -0.05) is 0 Å². The van der Waals surface area contributed by atoms with Crippen molar-refractivity contribution in [3.63, 3.8) is 0 Å². The van der Waals surface area contributed by atoms with E-state index in [-0.39, 0.29) is 24.1 Å². The lowest BCUT2D eigenvalue weighted by Crippen LogP contribution is -2.55. The average molecular weight is 996 g/mol. The number of ether oxygens (including phenoxy) is 1. The van der Waals surface area contributed by atoms with Crippen molar-refractivity contribution >= 4 is 23.8 Å². The predicted molar refractivity (Wildman–Crippen MR) is 278 cm³/mol. The number of likely N-dealkylation sites (N-methyl/N-ethyl adjacent to an activating group) is 1. The van der Waals surface area contributed by atoms with Crippen LogP contribution in [-0.2, 0) is 19.1 Å². The highest BCUT2D eigenvalue weighted by Crippen LogP contribution is 2.23. The van der Waals surface area contributed by atoms with E-state index < -0.39 is 0 Å². The molecule has 0 saturated carbocycles. The van der Waals surface area contributed by atoms with E-state index >= 15 is 0 Å². The summed E-state index contributed by atoms with van der Waals surface area (Å²) in [5.74, 6) is 0.884. The lowest BCUT2D eigenvalue weighted by molar-refractivity contribution is -0.146. The van der Waals surface area contributed by atoms with Gasteiger partial charge in [0.25, 0.3) is 5.56 Å². The molecule has 9 aliphatic heterocycles. The van der Waals surface area contributed by atoms with E-state index in [0.717, 1.165) is 175 Å². The monoisotopic (exact) mass is 996 g/mol. The number of aromatic nitrogens is 2. The summed E-state index contributed by atoms with van der Waals surface area (Å²) in [7, 11) is 12.7. The Morgan fingerprint density at radius 1 is 0.465 bits per heavy atom. The van der Waals surface area contributed by atoms with Gasteiger partial charge in [0.1, 0.15) is 6.61 Å². The van der Waals surface area contributed by atoms with Crippen molar-refractivity contribution < 1.29 is 23.9 Å². The maximum Gasteiger partial charge on any atom is 0.317 e. The first-order valence-electron chi connectivity index (χ1n) is 27.4. The number of amides is 5. The number of carbonyl (C=O) groups is 4. The zero-order valence-corrected chi connectivity index (χ0v) is 44.8. The molecule has 1 aromatic rings. The molecule has 1 aromatic heterocycles. The Labute approximate surface area is 426 Å². The Hall–Kier alpha value is -3.72. The van der Waals surface area contributed by atoms with Gasteiger partial charge in [-0.25, -0.2) is 4.79 Å². The molecule has 71 heavy (non-hydrogen) atoms. The maximum absolute atomic E-state index is 11.9. The van der Waals surface area contributed by atoms with E-state index in [1.165, 1.54) is 25.5 Å². The summed E-state index contributed by atoms with van der Waals surface area (Å²) in [6.07, 6.45) is 20.3. The lowest BCUT2D eigenvalue weighted by Gasteiger charge is -2.41. The molecule has 0 radical (unpaired) electrons. The fourth-order valence-electron chi connectivity index (χ4n) is 11.5.